The monoisotopic (exact) mass is 386 g/mol. The largest absolute Gasteiger partial charge is 0.381 e. The first-order valence-corrected chi connectivity index (χ1v) is 11.1. The zero-order valence-electron chi connectivity index (χ0n) is 17.6. The van der Waals surface area contributed by atoms with E-state index in [0.717, 1.165) is 75.7 Å². The highest BCUT2D eigenvalue weighted by Gasteiger charge is 2.36. The van der Waals surface area contributed by atoms with Crippen molar-refractivity contribution in [2.45, 2.75) is 77.8 Å². The van der Waals surface area contributed by atoms with Gasteiger partial charge in [-0.05, 0) is 57.9 Å². The Balaban J connectivity index is 1.63. The molecule has 0 aliphatic carbocycles. The van der Waals surface area contributed by atoms with Crippen molar-refractivity contribution >= 4 is 11.7 Å². The quantitative estimate of drug-likeness (QED) is 0.776. The van der Waals surface area contributed by atoms with Crippen LogP contribution < -0.4 is 4.90 Å². The van der Waals surface area contributed by atoms with Crippen molar-refractivity contribution < 1.29 is 9.53 Å². The first kappa shape index (κ1) is 19.8. The predicted octanol–water partition coefficient (Wildman–Crippen LogP) is 3.43. The summed E-state index contributed by atoms with van der Waals surface area (Å²) in [4.78, 5) is 27.2. The molecule has 0 bridgehead atoms. The number of anilines is 1. The summed E-state index contributed by atoms with van der Waals surface area (Å²) in [6.07, 6.45) is 6.84. The van der Waals surface area contributed by atoms with E-state index in [9.17, 15) is 4.79 Å². The van der Waals surface area contributed by atoms with E-state index >= 15 is 0 Å². The molecule has 1 unspecified atom stereocenters. The van der Waals surface area contributed by atoms with Crippen molar-refractivity contribution in [3.05, 3.63) is 17.1 Å². The second kappa shape index (κ2) is 8.46. The van der Waals surface area contributed by atoms with Gasteiger partial charge in [0.25, 0.3) is 0 Å². The van der Waals surface area contributed by atoms with Crippen LogP contribution in [0.4, 0.5) is 5.82 Å². The third-order valence-electron chi connectivity index (χ3n) is 6.54. The van der Waals surface area contributed by atoms with Crippen LogP contribution in [-0.4, -0.2) is 53.1 Å². The van der Waals surface area contributed by atoms with Crippen molar-refractivity contribution in [2.24, 2.45) is 5.92 Å². The minimum absolute atomic E-state index is 0.213. The van der Waals surface area contributed by atoms with Crippen LogP contribution in [0.1, 0.15) is 75.5 Å². The van der Waals surface area contributed by atoms with Gasteiger partial charge in [0.15, 0.2) is 0 Å². The minimum atomic E-state index is 0.213. The number of ether oxygens (including phenoxy) is 1. The van der Waals surface area contributed by atoms with E-state index in [2.05, 4.69) is 25.7 Å². The standard InChI is InChI=1S/C22H34N4O2/c1-15(2)8-12-26-20(27)7-6-18-16(3)23-21(24-22(18)26)19-5-4-11-25(19)17-9-13-28-14-10-17/h15,17,19H,4-14H2,1-3H3. The molecule has 6 nitrogen and oxygen atoms in total. The molecule has 0 saturated carbocycles. The van der Waals surface area contributed by atoms with Crippen LogP contribution in [0, 0.1) is 12.8 Å². The maximum Gasteiger partial charge on any atom is 0.228 e. The van der Waals surface area contributed by atoms with E-state index in [0.29, 0.717) is 18.4 Å². The lowest BCUT2D eigenvalue weighted by Crippen LogP contribution is -2.41. The molecular weight excluding hydrogens is 352 g/mol. The summed E-state index contributed by atoms with van der Waals surface area (Å²) >= 11 is 0. The maximum absolute atomic E-state index is 12.7. The van der Waals surface area contributed by atoms with Gasteiger partial charge in [-0.2, -0.15) is 0 Å². The zero-order chi connectivity index (χ0) is 19.7. The van der Waals surface area contributed by atoms with Crippen molar-refractivity contribution in [1.82, 2.24) is 14.9 Å². The Morgan fingerprint density at radius 1 is 1.14 bits per heavy atom. The molecule has 1 amide bonds. The van der Waals surface area contributed by atoms with Crippen molar-refractivity contribution in [3.8, 4) is 0 Å². The van der Waals surface area contributed by atoms with Crippen LogP contribution in [0.2, 0.25) is 0 Å². The summed E-state index contributed by atoms with van der Waals surface area (Å²) in [7, 11) is 0. The lowest BCUT2D eigenvalue weighted by atomic mass is 10.0. The summed E-state index contributed by atoms with van der Waals surface area (Å²) in [6, 6.07) is 0.843. The highest BCUT2D eigenvalue weighted by molar-refractivity contribution is 5.95. The molecule has 4 rings (SSSR count). The number of carbonyl (C=O) groups is 1. The van der Waals surface area contributed by atoms with Crippen LogP contribution >= 0.6 is 0 Å². The number of fused-ring (bicyclic) bond motifs is 1. The Morgan fingerprint density at radius 2 is 1.93 bits per heavy atom. The predicted molar refractivity (Wildman–Crippen MR) is 109 cm³/mol. The van der Waals surface area contributed by atoms with Crippen LogP contribution in [0.3, 0.4) is 0 Å². The van der Waals surface area contributed by atoms with Crippen LogP contribution in [-0.2, 0) is 16.0 Å². The van der Waals surface area contributed by atoms with Gasteiger partial charge in [-0.1, -0.05) is 13.8 Å². The summed E-state index contributed by atoms with van der Waals surface area (Å²) in [6.45, 7) is 10.1. The maximum atomic E-state index is 12.7. The van der Waals surface area contributed by atoms with Gasteiger partial charge < -0.3 is 4.74 Å². The summed E-state index contributed by atoms with van der Waals surface area (Å²) in [5, 5.41) is 0. The molecular formula is C22H34N4O2. The third-order valence-corrected chi connectivity index (χ3v) is 6.54. The van der Waals surface area contributed by atoms with Gasteiger partial charge in [-0.15, -0.1) is 0 Å². The average molecular weight is 387 g/mol. The van der Waals surface area contributed by atoms with Crippen molar-refractivity contribution in [1.29, 1.82) is 0 Å². The highest BCUT2D eigenvalue weighted by Crippen LogP contribution is 2.37. The van der Waals surface area contributed by atoms with E-state index in [4.69, 9.17) is 14.7 Å². The Hall–Kier alpha value is -1.53. The number of aromatic nitrogens is 2. The number of likely N-dealkylation sites (tertiary alicyclic amines) is 1. The molecule has 2 saturated heterocycles. The van der Waals surface area contributed by atoms with Gasteiger partial charge >= 0.3 is 0 Å². The van der Waals surface area contributed by atoms with Gasteiger partial charge in [0.1, 0.15) is 11.6 Å². The third kappa shape index (κ3) is 3.94. The Kier molecular flexibility index (Phi) is 5.97. The topological polar surface area (TPSA) is 58.6 Å². The van der Waals surface area contributed by atoms with Crippen LogP contribution in [0.15, 0.2) is 0 Å². The summed E-state index contributed by atoms with van der Waals surface area (Å²) in [5.41, 5.74) is 2.23. The molecule has 0 aromatic carbocycles. The number of rotatable bonds is 5. The van der Waals surface area contributed by atoms with Gasteiger partial charge in [-0.3, -0.25) is 14.6 Å². The first-order valence-electron chi connectivity index (χ1n) is 11.1. The highest BCUT2D eigenvalue weighted by atomic mass is 16.5. The van der Waals surface area contributed by atoms with E-state index in [1.165, 1.54) is 12.0 Å². The molecule has 154 valence electrons. The lowest BCUT2D eigenvalue weighted by Gasteiger charge is -2.36. The summed E-state index contributed by atoms with van der Waals surface area (Å²) in [5.74, 6) is 2.59. The first-order chi connectivity index (χ1) is 13.5. The van der Waals surface area contributed by atoms with E-state index in [1.807, 2.05) is 4.90 Å². The van der Waals surface area contributed by atoms with E-state index in [-0.39, 0.29) is 11.9 Å². The Bertz CT molecular complexity index is 715. The van der Waals surface area contributed by atoms with Gasteiger partial charge in [-0.25, -0.2) is 9.97 Å². The molecule has 3 aliphatic rings. The molecule has 1 atom stereocenters. The number of amides is 1. The van der Waals surface area contributed by atoms with Crippen LogP contribution in [0.25, 0.3) is 0 Å². The molecule has 1 aromatic heterocycles. The van der Waals surface area contributed by atoms with E-state index < -0.39 is 0 Å². The number of hydrogen-bond acceptors (Lipinski definition) is 5. The Labute approximate surface area is 168 Å². The molecule has 6 heteroatoms. The normalized spacial score (nSPS) is 24.2. The SMILES string of the molecule is Cc1nc(C2CCCN2C2CCOCC2)nc2c1CCC(=O)N2CCC(C)C. The number of aryl methyl sites for hydroxylation is 1. The van der Waals surface area contributed by atoms with Crippen molar-refractivity contribution in [2.75, 3.05) is 31.2 Å². The summed E-state index contributed by atoms with van der Waals surface area (Å²) < 4.78 is 5.56. The molecule has 1 aromatic rings. The second-order valence-electron chi connectivity index (χ2n) is 8.94. The van der Waals surface area contributed by atoms with Crippen molar-refractivity contribution in [3.63, 3.8) is 0 Å². The molecule has 28 heavy (non-hydrogen) atoms. The molecule has 0 N–H and O–H groups in total. The number of hydrogen-bond donors (Lipinski definition) is 0. The van der Waals surface area contributed by atoms with Crippen LogP contribution in [0.5, 0.6) is 0 Å². The molecule has 0 spiro atoms. The Morgan fingerprint density at radius 3 is 2.68 bits per heavy atom. The molecule has 4 heterocycles. The molecule has 2 fully saturated rings. The molecule has 0 radical (unpaired) electrons. The smallest absolute Gasteiger partial charge is 0.228 e. The van der Waals surface area contributed by atoms with E-state index in [1.54, 1.807) is 0 Å². The average Bonchev–Trinajstić information content (AvgIpc) is 3.17. The minimum Gasteiger partial charge on any atom is -0.381 e. The van der Waals surface area contributed by atoms with Gasteiger partial charge in [0.05, 0.1) is 6.04 Å². The fourth-order valence-electron chi connectivity index (χ4n) is 4.89. The van der Waals surface area contributed by atoms with Gasteiger partial charge in [0, 0.05) is 43.5 Å². The number of carbonyl (C=O) groups excluding carboxylic acids is 1. The zero-order valence-corrected chi connectivity index (χ0v) is 17.6. The second-order valence-corrected chi connectivity index (χ2v) is 8.94. The number of nitrogens with zero attached hydrogens (tertiary/aromatic N) is 4. The van der Waals surface area contributed by atoms with Gasteiger partial charge in [0.2, 0.25) is 5.91 Å². The fourth-order valence-corrected chi connectivity index (χ4v) is 4.89. The molecule has 3 aliphatic heterocycles. The lowest BCUT2D eigenvalue weighted by molar-refractivity contribution is -0.119. The fraction of sp³-hybridized carbons (Fsp3) is 0.773.